The van der Waals surface area contributed by atoms with E-state index >= 15 is 0 Å². The lowest BCUT2D eigenvalue weighted by Gasteiger charge is -2.09. The van der Waals surface area contributed by atoms with Crippen LogP contribution in [0.25, 0.3) is 10.9 Å². The van der Waals surface area contributed by atoms with Crippen LogP contribution in [0.2, 0.25) is 0 Å². The number of benzene rings is 2. The molecule has 3 N–H and O–H groups in total. The van der Waals surface area contributed by atoms with Crippen LogP contribution in [0, 0.1) is 6.92 Å². The number of allylic oxidation sites excluding steroid dienone is 1. The summed E-state index contributed by atoms with van der Waals surface area (Å²) in [5.41, 5.74) is 8.83. The van der Waals surface area contributed by atoms with Crippen LogP contribution < -0.4 is 10.5 Å². The number of nitrogens with one attached hydrogen (secondary N) is 1. The number of rotatable bonds is 5. The summed E-state index contributed by atoms with van der Waals surface area (Å²) in [5, 5.41) is 7.87. The molecule has 0 aliphatic rings. The van der Waals surface area contributed by atoms with E-state index in [2.05, 4.69) is 29.3 Å². The lowest BCUT2D eigenvalue weighted by molar-refractivity contribution is 0.279. The van der Waals surface area contributed by atoms with Crippen LogP contribution in [-0.2, 0) is 4.74 Å². The van der Waals surface area contributed by atoms with Gasteiger partial charge in [-0.05, 0) is 26.0 Å². The van der Waals surface area contributed by atoms with Crippen molar-refractivity contribution in [1.82, 2.24) is 10.2 Å². The molecule has 0 spiro atoms. The van der Waals surface area contributed by atoms with Crippen molar-refractivity contribution in [1.29, 1.82) is 0 Å². The zero-order chi connectivity index (χ0) is 18.1. The van der Waals surface area contributed by atoms with Gasteiger partial charge in [-0.2, -0.15) is 5.10 Å². The molecule has 5 heteroatoms. The third kappa shape index (κ3) is 5.57. The average molecular weight is 339 g/mol. The molecule has 3 aromatic rings. The highest BCUT2D eigenvalue weighted by molar-refractivity contribution is 5.84. The Kier molecular flexibility index (Phi) is 6.89. The van der Waals surface area contributed by atoms with Gasteiger partial charge in [0.1, 0.15) is 11.5 Å². The summed E-state index contributed by atoms with van der Waals surface area (Å²) in [4.78, 5) is 0. The summed E-state index contributed by atoms with van der Waals surface area (Å²) in [6.45, 7) is 4.43. The minimum absolute atomic E-state index is 0.511. The third-order valence-electron chi connectivity index (χ3n) is 3.77. The summed E-state index contributed by atoms with van der Waals surface area (Å²) in [6, 6.07) is 16.1. The number of aryl methyl sites for hydroxylation is 1. The van der Waals surface area contributed by atoms with Crippen LogP contribution in [0.3, 0.4) is 0 Å². The van der Waals surface area contributed by atoms with Gasteiger partial charge in [0.15, 0.2) is 0 Å². The molecule has 0 atom stereocenters. The van der Waals surface area contributed by atoms with Crippen LogP contribution in [-0.4, -0.2) is 23.9 Å². The second kappa shape index (κ2) is 9.37. The zero-order valence-corrected chi connectivity index (χ0v) is 15.0. The van der Waals surface area contributed by atoms with Crippen molar-refractivity contribution in [2.75, 3.05) is 13.7 Å². The van der Waals surface area contributed by atoms with E-state index < -0.39 is 0 Å². The minimum Gasteiger partial charge on any atom is -0.500 e. The molecule has 132 valence electrons. The second-order valence-corrected chi connectivity index (χ2v) is 5.63. The van der Waals surface area contributed by atoms with Crippen LogP contribution in [0.15, 0.2) is 66.2 Å². The van der Waals surface area contributed by atoms with Crippen LogP contribution in [0.4, 0.5) is 0 Å². The molecule has 0 aliphatic carbocycles. The predicted molar refractivity (Wildman–Crippen MR) is 101 cm³/mol. The van der Waals surface area contributed by atoms with Crippen LogP contribution in [0.1, 0.15) is 18.9 Å². The molecule has 0 fully saturated rings. The third-order valence-corrected chi connectivity index (χ3v) is 3.77. The molecule has 2 aromatic carbocycles. The zero-order valence-electron chi connectivity index (χ0n) is 15.0. The molecule has 0 radical (unpaired) electrons. The van der Waals surface area contributed by atoms with Crippen molar-refractivity contribution in [3.63, 3.8) is 0 Å². The number of nitrogens with two attached hydrogens (primary N) is 1. The Morgan fingerprint density at radius 2 is 1.88 bits per heavy atom. The quantitative estimate of drug-likeness (QED) is 0.685. The van der Waals surface area contributed by atoms with Gasteiger partial charge in [0, 0.05) is 12.1 Å². The van der Waals surface area contributed by atoms with Gasteiger partial charge in [0.25, 0.3) is 0 Å². The van der Waals surface area contributed by atoms with E-state index in [-0.39, 0.29) is 0 Å². The first-order valence-electron chi connectivity index (χ1n) is 8.17. The highest BCUT2D eigenvalue weighted by Crippen LogP contribution is 2.23. The highest BCUT2D eigenvalue weighted by atomic mass is 16.5. The van der Waals surface area contributed by atoms with E-state index in [9.17, 15) is 0 Å². The maximum Gasteiger partial charge on any atom is 0.130 e. The normalized spacial score (nSPS) is 11.3. The molecule has 0 amide bonds. The minimum atomic E-state index is 0.511. The van der Waals surface area contributed by atoms with Crippen molar-refractivity contribution < 1.29 is 9.47 Å². The molecular formula is C20H25N3O2. The van der Waals surface area contributed by atoms with Gasteiger partial charge in [0.05, 0.1) is 30.8 Å². The molecule has 5 nitrogen and oxygen atoms in total. The van der Waals surface area contributed by atoms with Crippen molar-refractivity contribution in [3.8, 4) is 5.75 Å². The highest BCUT2D eigenvalue weighted by Gasteiger charge is 2.04. The predicted octanol–water partition coefficient (Wildman–Crippen LogP) is 4.16. The van der Waals surface area contributed by atoms with E-state index in [1.54, 1.807) is 13.3 Å². The SMILES string of the molecule is CO/C(C)=C(\N)CCOc1cccc2[nH]ncc12.Cc1ccccc1. The largest absolute Gasteiger partial charge is 0.500 e. The molecule has 1 aromatic heterocycles. The van der Waals surface area contributed by atoms with Crippen molar-refractivity contribution >= 4 is 10.9 Å². The first kappa shape index (κ1) is 18.4. The molecule has 0 aliphatic heterocycles. The Labute approximate surface area is 148 Å². The number of methoxy groups -OCH3 is 1. The maximum atomic E-state index is 5.84. The number of hydrogen-bond acceptors (Lipinski definition) is 4. The molecular weight excluding hydrogens is 314 g/mol. The van der Waals surface area contributed by atoms with Crippen molar-refractivity contribution in [2.24, 2.45) is 5.73 Å². The van der Waals surface area contributed by atoms with Gasteiger partial charge in [0.2, 0.25) is 0 Å². The lowest BCUT2D eigenvalue weighted by atomic mass is 10.2. The first-order chi connectivity index (χ1) is 12.1. The average Bonchev–Trinajstić information content (AvgIpc) is 3.11. The molecule has 0 saturated carbocycles. The van der Waals surface area contributed by atoms with Gasteiger partial charge < -0.3 is 15.2 Å². The fraction of sp³-hybridized carbons (Fsp3) is 0.250. The number of aromatic nitrogens is 2. The Bertz CT molecular complexity index is 810. The van der Waals surface area contributed by atoms with E-state index in [4.69, 9.17) is 15.2 Å². The smallest absolute Gasteiger partial charge is 0.130 e. The standard InChI is InChI=1S/C13H17N3O2.C7H8/c1-9(17-2)11(14)6-7-18-13-5-3-4-12-10(13)8-15-16-12;1-7-5-3-2-4-6-7/h3-5,8H,6-7,14H2,1-2H3,(H,15,16);2-6H,1H3/b11-9-;. The number of aromatic amines is 1. The Hall–Kier alpha value is -2.95. The van der Waals surface area contributed by atoms with Crippen LogP contribution >= 0.6 is 0 Å². The van der Waals surface area contributed by atoms with E-state index in [1.807, 2.05) is 43.3 Å². The number of nitrogens with zero attached hydrogens (tertiary/aromatic N) is 1. The molecule has 0 unspecified atom stereocenters. The summed E-state index contributed by atoms with van der Waals surface area (Å²) in [5.74, 6) is 1.55. The lowest BCUT2D eigenvalue weighted by Crippen LogP contribution is -2.08. The summed E-state index contributed by atoms with van der Waals surface area (Å²) in [7, 11) is 1.61. The second-order valence-electron chi connectivity index (χ2n) is 5.63. The molecule has 25 heavy (non-hydrogen) atoms. The molecule has 0 bridgehead atoms. The number of ether oxygens (including phenoxy) is 2. The Morgan fingerprint density at radius 3 is 2.52 bits per heavy atom. The van der Waals surface area contributed by atoms with Crippen molar-refractivity contribution in [3.05, 3.63) is 71.7 Å². The van der Waals surface area contributed by atoms with Gasteiger partial charge in [-0.15, -0.1) is 0 Å². The van der Waals surface area contributed by atoms with Crippen LogP contribution in [0.5, 0.6) is 5.75 Å². The number of fused-ring (bicyclic) bond motifs is 1. The van der Waals surface area contributed by atoms with E-state index in [0.29, 0.717) is 18.7 Å². The molecule has 1 heterocycles. The summed E-state index contributed by atoms with van der Waals surface area (Å²) < 4.78 is 10.8. The summed E-state index contributed by atoms with van der Waals surface area (Å²) >= 11 is 0. The van der Waals surface area contributed by atoms with E-state index in [1.165, 1.54) is 5.56 Å². The number of hydrogen-bond donors (Lipinski definition) is 2. The fourth-order valence-corrected chi connectivity index (χ4v) is 2.18. The van der Waals surface area contributed by atoms with Gasteiger partial charge in [-0.3, -0.25) is 5.10 Å². The molecule has 3 rings (SSSR count). The van der Waals surface area contributed by atoms with Crippen molar-refractivity contribution in [2.45, 2.75) is 20.3 Å². The topological polar surface area (TPSA) is 73.2 Å². The van der Waals surface area contributed by atoms with Gasteiger partial charge in [-0.1, -0.05) is 42.0 Å². The fourth-order valence-electron chi connectivity index (χ4n) is 2.18. The first-order valence-corrected chi connectivity index (χ1v) is 8.17. The van der Waals surface area contributed by atoms with Gasteiger partial charge >= 0.3 is 0 Å². The monoisotopic (exact) mass is 339 g/mol. The Balaban J connectivity index is 0.000000269. The van der Waals surface area contributed by atoms with E-state index in [0.717, 1.165) is 22.4 Å². The molecule has 0 saturated heterocycles. The maximum absolute atomic E-state index is 5.84. The van der Waals surface area contributed by atoms with Gasteiger partial charge in [-0.25, -0.2) is 0 Å². The Morgan fingerprint density at radius 1 is 1.12 bits per heavy atom. The number of H-pyrrole nitrogens is 1. The summed E-state index contributed by atoms with van der Waals surface area (Å²) in [6.07, 6.45) is 2.39.